The lowest BCUT2D eigenvalue weighted by Crippen LogP contribution is -2.39. The Kier molecular flexibility index (Phi) is 8.10. The van der Waals surface area contributed by atoms with Crippen LogP contribution < -0.4 is 18.9 Å². The molecule has 1 amide bonds. The summed E-state index contributed by atoms with van der Waals surface area (Å²) in [5.74, 6) is 3.01. The molecule has 0 unspecified atom stereocenters. The second kappa shape index (κ2) is 10.8. The maximum absolute atomic E-state index is 12.9. The molecule has 0 saturated heterocycles. The van der Waals surface area contributed by atoms with E-state index in [9.17, 15) is 4.79 Å². The largest absolute Gasteiger partial charge is 0.493 e. The van der Waals surface area contributed by atoms with Gasteiger partial charge in [0.15, 0.2) is 23.0 Å². The molecular formula is C24H31ClN2O5. The number of benzene rings is 2. The third-order valence-corrected chi connectivity index (χ3v) is 5.97. The highest BCUT2D eigenvalue weighted by molar-refractivity contribution is 5.97. The lowest BCUT2D eigenvalue weighted by molar-refractivity contribution is 0.0733. The lowest BCUT2D eigenvalue weighted by Gasteiger charge is -2.29. The second-order valence-corrected chi connectivity index (χ2v) is 8.00. The minimum Gasteiger partial charge on any atom is -0.493 e. The summed E-state index contributed by atoms with van der Waals surface area (Å²) in [6.07, 6.45) is 2.72. The summed E-state index contributed by atoms with van der Waals surface area (Å²) in [5.41, 5.74) is 3.01. The minimum absolute atomic E-state index is 0. The van der Waals surface area contributed by atoms with Gasteiger partial charge in [0.2, 0.25) is 6.79 Å². The van der Waals surface area contributed by atoms with Crippen molar-refractivity contribution in [1.29, 1.82) is 0 Å². The molecule has 32 heavy (non-hydrogen) atoms. The van der Waals surface area contributed by atoms with Crippen molar-refractivity contribution in [2.45, 2.75) is 19.3 Å². The van der Waals surface area contributed by atoms with E-state index in [0.29, 0.717) is 5.75 Å². The Morgan fingerprint density at radius 2 is 1.78 bits per heavy atom. The van der Waals surface area contributed by atoms with Crippen LogP contribution in [0.5, 0.6) is 23.0 Å². The first kappa shape index (κ1) is 24.0. The quantitative estimate of drug-likeness (QED) is 0.569. The summed E-state index contributed by atoms with van der Waals surface area (Å²) >= 11 is 0. The number of fused-ring (bicyclic) bond motifs is 2. The third-order valence-electron chi connectivity index (χ3n) is 5.97. The number of nitrogens with zero attached hydrogens (tertiary/aromatic N) is 2. The van der Waals surface area contributed by atoms with Crippen molar-refractivity contribution in [1.82, 2.24) is 9.80 Å². The van der Waals surface area contributed by atoms with Crippen LogP contribution in [0, 0.1) is 0 Å². The van der Waals surface area contributed by atoms with Gasteiger partial charge >= 0.3 is 0 Å². The topological polar surface area (TPSA) is 60.5 Å². The zero-order valence-corrected chi connectivity index (χ0v) is 19.7. The van der Waals surface area contributed by atoms with Gasteiger partial charge in [0, 0.05) is 25.2 Å². The van der Waals surface area contributed by atoms with E-state index in [0.717, 1.165) is 73.8 Å². The number of ether oxygens (including phenoxy) is 4. The summed E-state index contributed by atoms with van der Waals surface area (Å²) < 4.78 is 21.6. The summed E-state index contributed by atoms with van der Waals surface area (Å²) in [5, 5.41) is 0. The molecule has 0 N–H and O–H groups in total. The van der Waals surface area contributed by atoms with Crippen molar-refractivity contribution in [2.75, 3.05) is 54.2 Å². The molecule has 0 radical (unpaired) electrons. The van der Waals surface area contributed by atoms with Gasteiger partial charge in [-0.15, -0.1) is 12.4 Å². The van der Waals surface area contributed by atoms with Gasteiger partial charge in [0.1, 0.15) is 0 Å². The highest BCUT2D eigenvalue weighted by atomic mass is 35.5. The van der Waals surface area contributed by atoms with E-state index in [4.69, 9.17) is 18.9 Å². The molecule has 2 aromatic carbocycles. The highest BCUT2D eigenvalue weighted by Gasteiger charge is 2.27. The van der Waals surface area contributed by atoms with E-state index in [1.165, 1.54) is 5.56 Å². The van der Waals surface area contributed by atoms with Crippen molar-refractivity contribution < 1.29 is 23.7 Å². The molecule has 2 aromatic rings. The second-order valence-electron chi connectivity index (χ2n) is 8.00. The average Bonchev–Trinajstić information content (AvgIpc) is 3.25. The van der Waals surface area contributed by atoms with Crippen LogP contribution in [0.25, 0.3) is 0 Å². The molecule has 174 valence electrons. The molecule has 0 fully saturated rings. The zero-order chi connectivity index (χ0) is 21.8. The Balaban J connectivity index is 0.00000289. The number of methoxy groups -OCH3 is 2. The Labute approximate surface area is 195 Å². The van der Waals surface area contributed by atoms with E-state index in [1.807, 2.05) is 29.2 Å². The van der Waals surface area contributed by atoms with Crippen LogP contribution in [0.4, 0.5) is 0 Å². The third kappa shape index (κ3) is 5.22. The van der Waals surface area contributed by atoms with Crippen LogP contribution >= 0.6 is 12.4 Å². The Hall–Kier alpha value is -2.64. The molecule has 0 aromatic heterocycles. The predicted octanol–water partition coefficient (Wildman–Crippen LogP) is 3.42. The summed E-state index contributed by atoms with van der Waals surface area (Å²) in [6.45, 7) is 3.61. The smallest absolute Gasteiger partial charge is 0.254 e. The van der Waals surface area contributed by atoms with Gasteiger partial charge in [-0.25, -0.2) is 0 Å². The summed E-state index contributed by atoms with van der Waals surface area (Å²) in [4.78, 5) is 17.2. The first-order valence-corrected chi connectivity index (χ1v) is 10.7. The molecule has 0 spiro atoms. The van der Waals surface area contributed by atoms with Crippen LogP contribution in [0.3, 0.4) is 0 Å². The number of hydrogen-bond acceptors (Lipinski definition) is 6. The van der Waals surface area contributed by atoms with Gasteiger partial charge in [0.25, 0.3) is 5.91 Å². The van der Waals surface area contributed by atoms with E-state index in [1.54, 1.807) is 14.2 Å². The molecule has 0 bridgehead atoms. The number of rotatable bonds is 9. The SMILES string of the molecule is COc1ccc(CCN(C)CCCN2CCc3cc4c(cc3C2=O)OCO4)cc1OC.Cl. The Bertz CT molecular complexity index is 952. The van der Waals surface area contributed by atoms with Crippen molar-refractivity contribution in [3.05, 3.63) is 47.0 Å². The van der Waals surface area contributed by atoms with Crippen molar-refractivity contribution in [3.63, 3.8) is 0 Å². The molecule has 2 heterocycles. The molecule has 7 nitrogen and oxygen atoms in total. The predicted molar refractivity (Wildman–Crippen MR) is 125 cm³/mol. The minimum atomic E-state index is 0. The van der Waals surface area contributed by atoms with Gasteiger partial charge in [-0.1, -0.05) is 6.07 Å². The number of likely N-dealkylation sites (N-methyl/N-ethyl adjacent to an activating group) is 1. The van der Waals surface area contributed by atoms with E-state index < -0.39 is 0 Å². The fourth-order valence-corrected chi connectivity index (χ4v) is 4.13. The van der Waals surface area contributed by atoms with Crippen LogP contribution in [-0.4, -0.2) is 69.9 Å². The number of carbonyl (C=O) groups excluding carboxylic acids is 1. The fraction of sp³-hybridized carbons (Fsp3) is 0.458. The van der Waals surface area contributed by atoms with Gasteiger partial charge in [0.05, 0.1) is 14.2 Å². The van der Waals surface area contributed by atoms with Gasteiger partial charge in [-0.2, -0.15) is 0 Å². The Morgan fingerprint density at radius 1 is 1.03 bits per heavy atom. The van der Waals surface area contributed by atoms with E-state index >= 15 is 0 Å². The molecule has 2 aliphatic heterocycles. The van der Waals surface area contributed by atoms with Crippen LogP contribution in [-0.2, 0) is 12.8 Å². The number of amides is 1. The Morgan fingerprint density at radius 3 is 2.53 bits per heavy atom. The van der Waals surface area contributed by atoms with Crippen molar-refractivity contribution >= 4 is 18.3 Å². The number of halogens is 1. The van der Waals surface area contributed by atoms with Crippen LogP contribution in [0.1, 0.15) is 27.9 Å². The van der Waals surface area contributed by atoms with Crippen LogP contribution in [0.2, 0.25) is 0 Å². The first-order chi connectivity index (χ1) is 15.1. The zero-order valence-electron chi connectivity index (χ0n) is 18.9. The van der Waals surface area contributed by atoms with E-state index in [2.05, 4.69) is 18.0 Å². The maximum atomic E-state index is 12.9. The van der Waals surface area contributed by atoms with Crippen LogP contribution in [0.15, 0.2) is 30.3 Å². The van der Waals surface area contributed by atoms with Gasteiger partial charge in [-0.3, -0.25) is 4.79 Å². The lowest BCUT2D eigenvalue weighted by atomic mass is 9.98. The van der Waals surface area contributed by atoms with Crippen molar-refractivity contribution in [2.24, 2.45) is 0 Å². The average molecular weight is 463 g/mol. The molecule has 8 heteroatoms. The van der Waals surface area contributed by atoms with Crippen molar-refractivity contribution in [3.8, 4) is 23.0 Å². The van der Waals surface area contributed by atoms with Gasteiger partial charge < -0.3 is 28.7 Å². The number of hydrogen-bond donors (Lipinski definition) is 0. The highest BCUT2D eigenvalue weighted by Crippen LogP contribution is 2.36. The molecule has 2 aliphatic rings. The molecule has 0 aliphatic carbocycles. The molecule has 4 rings (SSSR count). The van der Waals surface area contributed by atoms with Gasteiger partial charge in [-0.05, 0) is 68.2 Å². The first-order valence-electron chi connectivity index (χ1n) is 10.7. The standard InChI is InChI=1S/C24H30N2O5.ClH/c1-25(11-7-17-5-6-20(28-2)21(13-17)29-3)9-4-10-26-12-8-18-14-22-23(31-16-30-22)15-19(18)24(26)27;/h5-6,13-15H,4,7-12,16H2,1-3H3;1H. The monoisotopic (exact) mass is 462 g/mol. The summed E-state index contributed by atoms with van der Waals surface area (Å²) in [7, 11) is 5.42. The molecular weight excluding hydrogens is 432 g/mol. The normalized spacial score (nSPS) is 14.2. The molecule has 0 saturated carbocycles. The fourth-order valence-electron chi connectivity index (χ4n) is 4.13. The van der Waals surface area contributed by atoms with E-state index in [-0.39, 0.29) is 25.1 Å². The molecule has 0 atom stereocenters. The maximum Gasteiger partial charge on any atom is 0.254 e. The summed E-state index contributed by atoms with van der Waals surface area (Å²) in [6, 6.07) is 9.84. The number of carbonyl (C=O) groups is 1.